The quantitative estimate of drug-likeness (QED) is 0.0522. The molecule has 3 aromatic rings. The van der Waals surface area contributed by atoms with E-state index in [0.717, 1.165) is 6.42 Å². The molecule has 16 nitrogen and oxygen atoms in total. The van der Waals surface area contributed by atoms with Crippen LogP contribution in [0.4, 0.5) is 17.7 Å². The summed E-state index contributed by atoms with van der Waals surface area (Å²) in [5.74, 6) is 0.734. The Morgan fingerprint density at radius 1 is 0.911 bits per heavy atom. The minimum atomic E-state index is -0.0358. The Labute approximate surface area is 261 Å². The predicted molar refractivity (Wildman–Crippen MR) is 165 cm³/mol. The lowest BCUT2D eigenvalue weighted by Crippen LogP contribution is -2.79. The van der Waals surface area contributed by atoms with Gasteiger partial charge in [0.1, 0.15) is 23.2 Å². The van der Waals surface area contributed by atoms with E-state index in [1.807, 2.05) is 5.32 Å². The highest BCUT2D eigenvalue weighted by Crippen LogP contribution is 2.23. The highest BCUT2D eigenvalue weighted by Gasteiger charge is 2.20. The summed E-state index contributed by atoms with van der Waals surface area (Å²) in [5.41, 5.74) is 14.0. The van der Waals surface area contributed by atoms with Gasteiger partial charge in [-0.1, -0.05) is 0 Å². The van der Waals surface area contributed by atoms with Gasteiger partial charge in [-0.2, -0.15) is 9.97 Å². The number of carbonyl (C=O) groups is 1. The molecule has 0 aliphatic rings. The zero-order valence-electron chi connectivity index (χ0n) is 25.5. The fourth-order valence-corrected chi connectivity index (χ4v) is 4.14. The maximum atomic E-state index is 12.2. The molecule has 16 heteroatoms. The van der Waals surface area contributed by atoms with E-state index in [4.69, 9.17) is 50.1 Å². The number of aromatic nitrogens is 3. The number of nitrogens with two attached hydrogens (primary N) is 3. The highest BCUT2D eigenvalue weighted by molar-refractivity contribution is 6.16. The first-order valence-electron chi connectivity index (χ1n) is 14.9. The molecule has 2 heterocycles. The average Bonchev–Trinajstić information content (AvgIpc) is 3.41. The van der Waals surface area contributed by atoms with Gasteiger partial charge in [-0.3, -0.25) is 15.5 Å². The molecule has 0 radical (unpaired) electrons. The number of ether oxygens (including phenoxy) is 5. The third-order valence-electron chi connectivity index (χ3n) is 6.34. The number of carbonyl (C=O) groups excluding carboxylic acids is 1. The van der Waals surface area contributed by atoms with E-state index >= 15 is 0 Å². The van der Waals surface area contributed by atoms with Gasteiger partial charge in [0, 0.05) is 18.5 Å². The smallest absolute Gasteiger partial charge is 0.292 e. The molecule has 0 saturated heterocycles. The summed E-state index contributed by atoms with van der Waals surface area (Å²) in [6, 6.07) is 5.22. The Kier molecular flexibility index (Phi) is 16.7. The SMILES string of the molecule is N=C(c1ccc2oc(N)nc2c1)c1c(N)ncnc1[NH2+]CCCCC(=O)NCCOCCOCCOCCOCCOCCO. The van der Waals surface area contributed by atoms with Crippen LogP contribution in [0.25, 0.3) is 11.1 Å². The Morgan fingerprint density at radius 3 is 2.22 bits per heavy atom. The molecule has 1 aromatic carbocycles. The van der Waals surface area contributed by atoms with Crippen LogP contribution in [0.2, 0.25) is 0 Å². The van der Waals surface area contributed by atoms with E-state index in [9.17, 15) is 4.79 Å². The van der Waals surface area contributed by atoms with Crippen LogP contribution >= 0.6 is 0 Å². The van der Waals surface area contributed by atoms with Crippen molar-refractivity contribution >= 4 is 40.4 Å². The monoisotopic (exact) mass is 633 g/mol. The minimum Gasteiger partial charge on any atom is -0.424 e. The molecule has 3 rings (SSSR count). The summed E-state index contributed by atoms with van der Waals surface area (Å²) in [4.78, 5) is 24.7. The molecule has 0 aliphatic carbocycles. The molecule has 45 heavy (non-hydrogen) atoms. The fraction of sp³-hybridized carbons (Fsp3) is 0.552. The van der Waals surface area contributed by atoms with Gasteiger partial charge in [0.25, 0.3) is 6.01 Å². The average molecular weight is 634 g/mol. The van der Waals surface area contributed by atoms with Gasteiger partial charge < -0.3 is 50.0 Å². The second kappa shape index (κ2) is 21.1. The van der Waals surface area contributed by atoms with Gasteiger partial charge >= 0.3 is 0 Å². The van der Waals surface area contributed by atoms with Gasteiger partial charge in [0.05, 0.1) is 84.9 Å². The third kappa shape index (κ3) is 13.4. The molecule has 9 N–H and O–H groups in total. The Balaban J connectivity index is 1.19. The van der Waals surface area contributed by atoms with Crippen molar-refractivity contribution in [1.29, 1.82) is 5.41 Å². The maximum absolute atomic E-state index is 12.2. The summed E-state index contributed by atoms with van der Waals surface area (Å²) in [5, 5.41) is 22.1. The largest absolute Gasteiger partial charge is 0.424 e. The summed E-state index contributed by atoms with van der Waals surface area (Å²) < 4.78 is 32.0. The number of aliphatic hydroxyl groups is 1. The first-order chi connectivity index (χ1) is 22.0. The number of amides is 1. The number of quaternary nitrogens is 1. The van der Waals surface area contributed by atoms with Crippen LogP contribution in [0.15, 0.2) is 28.9 Å². The van der Waals surface area contributed by atoms with Crippen molar-refractivity contribution in [3.05, 3.63) is 35.7 Å². The number of benzene rings is 1. The van der Waals surface area contributed by atoms with E-state index in [1.165, 1.54) is 6.33 Å². The minimum absolute atomic E-state index is 0.00986. The number of nitrogens with one attached hydrogen (secondary N) is 2. The van der Waals surface area contributed by atoms with Gasteiger partial charge in [0.15, 0.2) is 5.58 Å². The lowest BCUT2D eigenvalue weighted by Gasteiger charge is -2.10. The molecule has 0 spiro atoms. The first-order valence-corrected chi connectivity index (χ1v) is 14.9. The zero-order valence-corrected chi connectivity index (χ0v) is 25.5. The van der Waals surface area contributed by atoms with Gasteiger partial charge in [0.2, 0.25) is 11.7 Å². The van der Waals surface area contributed by atoms with Gasteiger partial charge in [-0.05, 0) is 31.0 Å². The van der Waals surface area contributed by atoms with Crippen LogP contribution in [0.5, 0.6) is 0 Å². The molecule has 2 aromatic heterocycles. The molecule has 0 saturated carbocycles. The Hall–Kier alpha value is -3.77. The van der Waals surface area contributed by atoms with Crippen LogP contribution in [0.3, 0.4) is 0 Å². The van der Waals surface area contributed by atoms with E-state index in [-0.39, 0.29) is 30.1 Å². The number of nitrogens with zero attached hydrogens (tertiary/aromatic N) is 3. The van der Waals surface area contributed by atoms with Crippen molar-refractivity contribution in [2.75, 3.05) is 97.2 Å². The van der Waals surface area contributed by atoms with E-state index < -0.39 is 0 Å². The summed E-state index contributed by atoms with van der Waals surface area (Å²) in [7, 11) is 0. The summed E-state index contributed by atoms with van der Waals surface area (Å²) in [6.07, 6.45) is 3.23. The van der Waals surface area contributed by atoms with Gasteiger partial charge in [-0.25, -0.2) is 4.98 Å². The highest BCUT2D eigenvalue weighted by atomic mass is 16.6. The number of anilines is 2. The van der Waals surface area contributed by atoms with Gasteiger partial charge in [-0.15, -0.1) is 0 Å². The Bertz CT molecular complexity index is 1310. The van der Waals surface area contributed by atoms with Crippen molar-refractivity contribution in [1.82, 2.24) is 20.3 Å². The number of unbranched alkanes of at least 4 members (excludes halogenated alkanes) is 1. The van der Waals surface area contributed by atoms with Crippen LogP contribution in [-0.4, -0.2) is 117 Å². The van der Waals surface area contributed by atoms with Crippen LogP contribution in [0, 0.1) is 5.41 Å². The molecule has 0 fully saturated rings. The molecular weight excluding hydrogens is 588 g/mol. The maximum Gasteiger partial charge on any atom is 0.292 e. The van der Waals surface area contributed by atoms with Crippen LogP contribution < -0.4 is 22.1 Å². The van der Waals surface area contributed by atoms with Crippen LogP contribution in [-0.2, 0) is 28.5 Å². The topological polar surface area (TPSA) is 240 Å². The second-order valence-corrected chi connectivity index (χ2v) is 9.71. The third-order valence-corrected chi connectivity index (χ3v) is 6.34. The van der Waals surface area contributed by atoms with Crippen molar-refractivity contribution in [2.24, 2.45) is 0 Å². The second-order valence-electron chi connectivity index (χ2n) is 9.71. The number of hydrogen-bond acceptors (Lipinski definition) is 14. The van der Waals surface area contributed by atoms with Crippen molar-refractivity contribution in [2.45, 2.75) is 19.3 Å². The molecule has 0 bridgehead atoms. The lowest BCUT2D eigenvalue weighted by molar-refractivity contribution is -0.575. The number of rotatable bonds is 25. The summed E-state index contributed by atoms with van der Waals surface area (Å²) in [6.45, 7) is 5.48. The molecular formula is C29H45N8O8+. The zero-order chi connectivity index (χ0) is 32.1. The van der Waals surface area contributed by atoms with Crippen molar-refractivity contribution < 1.29 is 43.3 Å². The number of hydrogen-bond donors (Lipinski definition) is 6. The van der Waals surface area contributed by atoms with E-state index in [2.05, 4.69) is 20.3 Å². The predicted octanol–water partition coefficient (Wildman–Crippen LogP) is -0.245. The normalized spacial score (nSPS) is 11.3. The standard InChI is InChI=1S/C29H44N8O8/c30-26(21-4-5-23-22(19-21)37-29(32)45-23)25-27(31)35-20-36-28(25)34-6-2-1-3-24(39)33-7-9-40-11-13-42-15-17-44-18-16-43-14-12-41-10-8-38/h4-5,19-20,30,38H,1-3,6-18H2,(H2,32,37)(H,33,39)(H3,31,34,35,36)/p+1. The molecule has 0 aliphatic heterocycles. The number of fused-ring (bicyclic) bond motifs is 1. The Morgan fingerprint density at radius 2 is 1.56 bits per heavy atom. The first kappa shape index (κ1) is 35.7. The molecule has 0 unspecified atom stereocenters. The van der Waals surface area contributed by atoms with E-state index in [1.54, 1.807) is 18.2 Å². The van der Waals surface area contributed by atoms with Crippen molar-refractivity contribution in [3.8, 4) is 0 Å². The lowest BCUT2D eigenvalue weighted by atomic mass is 10.0. The number of aliphatic hydroxyl groups excluding tert-OH is 1. The fourth-order valence-electron chi connectivity index (χ4n) is 4.14. The molecule has 1 amide bonds. The summed E-state index contributed by atoms with van der Waals surface area (Å²) >= 11 is 0. The number of nitrogen functional groups attached to an aromatic ring is 2. The van der Waals surface area contributed by atoms with Crippen molar-refractivity contribution in [3.63, 3.8) is 0 Å². The molecule has 0 atom stereocenters. The van der Waals surface area contributed by atoms with Crippen LogP contribution in [0.1, 0.15) is 30.4 Å². The number of oxazole rings is 1. The van der Waals surface area contributed by atoms with E-state index in [0.29, 0.717) is 120 Å². The molecule has 248 valence electrons.